The van der Waals surface area contributed by atoms with E-state index in [2.05, 4.69) is 54.1 Å². The standard InChI is InChI=1S/C20H25N5/c1-14(2)25(4)13-15(3)22-19-16-9-5-6-10-17(16)23-20(24-19)18-11-7-8-12-21-18/h5-12,14-15H,13H2,1-4H3,(H,22,23,24)/t15-/m1/s1. The zero-order valence-corrected chi connectivity index (χ0v) is 15.3. The molecular weight excluding hydrogens is 310 g/mol. The zero-order valence-electron chi connectivity index (χ0n) is 15.3. The summed E-state index contributed by atoms with van der Waals surface area (Å²) in [5.41, 5.74) is 1.70. The molecule has 3 aromatic rings. The summed E-state index contributed by atoms with van der Waals surface area (Å²) in [6.07, 6.45) is 1.77. The largest absolute Gasteiger partial charge is 0.366 e. The first-order chi connectivity index (χ1) is 12.0. The van der Waals surface area contributed by atoms with Crippen molar-refractivity contribution in [3.05, 3.63) is 48.7 Å². The van der Waals surface area contributed by atoms with Crippen molar-refractivity contribution in [1.29, 1.82) is 0 Å². The fourth-order valence-electron chi connectivity index (χ4n) is 2.72. The Morgan fingerprint density at radius 3 is 2.48 bits per heavy atom. The Hall–Kier alpha value is -2.53. The molecule has 130 valence electrons. The molecule has 0 bridgehead atoms. The van der Waals surface area contributed by atoms with Crippen molar-refractivity contribution in [2.45, 2.75) is 32.9 Å². The molecule has 5 nitrogen and oxygen atoms in total. The lowest BCUT2D eigenvalue weighted by molar-refractivity contribution is 0.266. The summed E-state index contributed by atoms with van der Waals surface area (Å²) in [6.45, 7) is 7.52. The first-order valence-corrected chi connectivity index (χ1v) is 8.69. The van der Waals surface area contributed by atoms with Gasteiger partial charge in [-0.15, -0.1) is 0 Å². The minimum atomic E-state index is 0.266. The van der Waals surface area contributed by atoms with E-state index in [9.17, 15) is 0 Å². The van der Waals surface area contributed by atoms with Crippen LogP contribution in [0.2, 0.25) is 0 Å². The molecule has 0 fully saturated rings. The molecule has 5 heteroatoms. The van der Waals surface area contributed by atoms with Gasteiger partial charge in [0.25, 0.3) is 0 Å². The van der Waals surface area contributed by atoms with Crippen molar-refractivity contribution in [1.82, 2.24) is 19.9 Å². The van der Waals surface area contributed by atoms with Gasteiger partial charge in [0.05, 0.1) is 5.52 Å². The number of likely N-dealkylation sites (N-methyl/N-ethyl adjacent to an activating group) is 1. The van der Waals surface area contributed by atoms with E-state index in [0.717, 1.165) is 29.0 Å². The molecule has 1 atom stereocenters. The molecule has 2 heterocycles. The van der Waals surface area contributed by atoms with Crippen molar-refractivity contribution in [3.63, 3.8) is 0 Å². The predicted octanol–water partition coefficient (Wildman–Crippen LogP) is 3.83. The third-order valence-corrected chi connectivity index (χ3v) is 4.32. The Morgan fingerprint density at radius 1 is 1.00 bits per heavy atom. The van der Waals surface area contributed by atoms with E-state index in [4.69, 9.17) is 4.98 Å². The molecule has 0 amide bonds. The van der Waals surface area contributed by atoms with Gasteiger partial charge in [-0.25, -0.2) is 9.97 Å². The third kappa shape index (κ3) is 4.12. The second kappa shape index (κ2) is 7.57. The van der Waals surface area contributed by atoms with Gasteiger partial charge < -0.3 is 10.2 Å². The summed E-state index contributed by atoms with van der Waals surface area (Å²) < 4.78 is 0. The molecule has 0 saturated heterocycles. The van der Waals surface area contributed by atoms with E-state index in [-0.39, 0.29) is 6.04 Å². The van der Waals surface area contributed by atoms with Crippen LogP contribution in [0.1, 0.15) is 20.8 Å². The molecular formula is C20H25N5. The van der Waals surface area contributed by atoms with Crippen LogP contribution in [-0.2, 0) is 0 Å². The van der Waals surface area contributed by atoms with E-state index in [1.54, 1.807) is 6.20 Å². The van der Waals surface area contributed by atoms with Crippen molar-refractivity contribution in [2.75, 3.05) is 18.9 Å². The number of hydrogen-bond donors (Lipinski definition) is 1. The first kappa shape index (κ1) is 17.3. The number of aromatic nitrogens is 3. The first-order valence-electron chi connectivity index (χ1n) is 8.69. The number of hydrogen-bond acceptors (Lipinski definition) is 5. The lowest BCUT2D eigenvalue weighted by Crippen LogP contribution is -2.36. The van der Waals surface area contributed by atoms with Crippen LogP contribution in [0.5, 0.6) is 0 Å². The maximum absolute atomic E-state index is 4.76. The van der Waals surface area contributed by atoms with Crippen LogP contribution in [0, 0.1) is 0 Å². The van der Waals surface area contributed by atoms with Gasteiger partial charge in [0.15, 0.2) is 5.82 Å². The number of nitrogens with zero attached hydrogens (tertiary/aromatic N) is 4. The van der Waals surface area contributed by atoms with Gasteiger partial charge in [0.1, 0.15) is 11.5 Å². The summed E-state index contributed by atoms with van der Waals surface area (Å²) in [5.74, 6) is 1.50. The maximum Gasteiger partial charge on any atom is 0.180 e. The molecule has 0 saturated carbocycles. The normalized spacial score (nSPS) is 12.7. The Labute approximate surface area is 149 Å². The van der Waals surface area contributed by atoms with Crippen molar-refractivity contribution in [3.8, 4) is 11.5 Å². The number of anilines is 1. The summed E-state index contributed by atoms with van der Waals surface area (Å²) >= 11 is 0. The molecule has 0 aliphatic carbocycles. The van der Waals surface area contributed by atoms with Crippen LogP contribution in [0.3, 0.4) is 0 Å². The Kier molecular flexibility index (Phi) is 5.24. The van der Waals surface area contributed by atoms with Crippen LogP contribution in [-0.4, -0.2) is 45.5 Å². The second-order valence-corrected chi connectivity index (χ2v) is 6.71. The molecule has 0 spiro atoms. The van der Waals surface area contributed by atoms with Crippen LogP contribution < -0.4 is 5.32 Å². The van der Waals surface area contributed by atoms with E-state index in [1.165, 1.54) is 0 Å². The van der Waals surface area contributed by atoms with Gasteiger partial charge in [-0.1, -0.05) is 18.2 Å². The number of nitrogens with one attached hydrogen (secondary N) is 1. The summed E-state index contributed by atoms with van der Waals surface area (Å²) in [6, 6.07) is 14.6. The van der Waals surface area contributed by atoms with E-state index >= 15 is 0 Å². The van der Waals surface area contributed by atoms with Crippen LogP contribution >= 0.6 is 0 Å². The number of pyridine rings is 1. The van der Waals surface area contributed by atoms with Crippen molar-refractivity contribution in [2.24, 2.45) is 0 Å². The zero-order chi connectivity index (χ0) is 17.8. The topological polar surface area (TPSA) is 53.9 Å². The van der Waals surface area contributed by atoms with E-state index in [0.29, 0.717) is 11.9 Å². The quantitative estimate of drug-likeness (QED) is 0.742. The predicted molar refractivity (Wildman–Crippen MR) is 104 cm³/mol. The highest BCUT2D eigenvalue weighted by molar-refractivity contribution is 5.90. The number of fused-ring (bicyclic) bond motifs is 1. The van der Waals surface area contributed by atoms with Crippen LogP contribution in [0.25, 0.3) is 22.4 Å². The molecule has 0 radical (unpaired) electrons. The van der Waals surface area contributed by atoms with Gasteiger partial charge >= 0.3 is 0 Å². The van der Waals surface area contributed by atoms with Gasteiger partial charge in [-0.05, 0) is 52.1 Å². The molecule has 0 aliphatic heterocycles. The number of rotatable bonds is 6. The van der Waals surface area contributed by atoms with Crippen molar-refractivity contribution < 1.29 is 0 Å². The SMILES string of the molecule is CC(C)N(C)C[C@@H](C)Nc1nc(-c2ccccn2)nc2ccccc12. The van der Waals surface area contributed by atoms with E-state index < -0.39 is 0 Å². The van der Waals surface area contributed by atoms with Gasteiger partial charge in [-0.2, -0.15) is 0 Å². The Morgan fingerprint density at radius 2 is 1.76 bits per heavy atom. The highest BCUT2D eigenvalue weighted by Gasteiger charge is 2.14. The monoisotopic (exact) mass is 335 g/mol. The summed E-state index contributed by atoms with van der Waals surface area (Å²) in [4.78, 5) is 16.1. The fraction of sp³-hybridized carbons (Fsp3) is 0.350. The highest BCUT2D eigenvalue weighted by Crippen LogP contribution is 2.24. The van der Waals surface area contributed by atoms with Gasteiger partial charge in [0.2, 0.25) is 0 Å². The summed E-state index contributed by atoms with van der Waals surface area (Å²) in [5, 5.41) is 4.59. The molecule has 1 N–H and O–H groups in total. The van der Waals surface area contributed by atoms with Gasteiger partial charge in [-0.3, -0.25) is 4.98 Å². The Balaban J connectivity index is 1.95. The van der Waals surface area contributed by atoms with Gasteiger partial charge in [0, 0.05) is 30.2 Å². The summed E-state index contributed by atoms with van der Waals surface area (Å²) in [7, 11) is 2.14. The lowest BCUT2D eigenvalue weighted by Gasteiger charge is -2.26. The van der Waals surface area contributed by atoms with E-state index in [1.807, 2.05) is 36.4 Å². The minimum absolute atomic E-state index is 0.266. The lowest BCUT2D eigenvalue weighted by atomic mass is 10.2. The number of benzene rings is 1. The fourth-order valence-corrected chi connectivity index (χ4v) is 2.72. The third-order valence-electron chi connectivity index (χ3n) is 4.32. The molecule has 1 aromatic carbocycles. The second-order valence-electron chi connectivity index (χ2n) is 6.71. The molecule has 0 aliphatic rings. The minimum Gasteiger partial charge on any atom is -0.366 e. The maximum atomic E-state index is 4.76. The smallest absolute Gasteiger partial charge is 0.180 e. The van der Waals surface area contributed by atoms with Crippen LogP contribution in [0.4, 0.5) is 5.82 Å². The molecule has 0 unspecified atom stereocenters. The van der Waals surface area contributed by atoms with Crippen LogP contribution in [0.15, 0.2) is 48.7 Å². The Bertz CT molecular complexity index is 832. The average molecular weight is 335 g/mol. The highest BCUT2D eigenvalue weighted by atomic mass is 15.2. The molecule has 25 heavy (non-hydrogen) atoms. The average Bonchev–Trinajstić information content (AvgIpc) is 2.62. The van der Waals surface area contributed by atoms with Crippen molar-refractivity contribution >= 4 is 16.7 Å². The number of para-hydroxylation sites is 1. The molecule has 2 aromatic heterocycles. The molecule has 3 rings (SSSR count).